The highest BCUT2D eigenvalue weighted by atomic mass is 32.1. The molecule has 0 aliphatic heterocycles. The highest BCUT2D eigenvalue weighted by Gasteiger charge is 2.17. The van der Waals surface area contributed by atoms with Crippen molar-refractivity contribution in [1.82, 2.24) is 14.7 Å². The summed E-state index contributed by atoms with van der Waals surface area (Å²) in [6, 6.07) is 0.585. The maximum absolute atomic E-state index is 4.73. The van der Waals surface area contributed by atoms with E-state index >= 15 is 0 Å². The Morgan fingerprint density at radius 2 is 2.24 bits per heavy atom. The summed E-state index contributed by atoms with van der Waals surface area (Å²) in [7, 11) is 0. The third kappa shape index (κ3) is 4.07. The van der Waals surface area contributed by atoms with Crippen molar-refractivity contribution in [2.24, 2.45) is 5.92 Å². The van der Waals surface area contributed by atoms with Crippen molar-refractivity contribution in [1.29, 1.82) is 0 Å². The van der Waals surface area contributed by atoms with Crippen molar-refractivity contribution in [3.05, 3.63) is 23.5 Å². The molecule has 4 heteroatoms. The van der Waals surface area contributed by atoms with Gasteiger partial charge in [0.15, 0.2) is 4.96 Å². The summed E-state index contributed by atoms with van der Waals surface area (Å²) in [4.78, 5) is 5.85. The summed E-state index contributed by atoms with van der Waals surface area (Å²) in [5.74, 6) is 0.977. The van der Waals surface area contributed by atoms with Crippen LogP contribution in [0.1, 0.15) is 57.6 Å². The van der Waals surface area contributed by atoms with Crippen LogP contribution in [0.25, 0.3) is 4.96 Å². The largest absolute Gasteiger partial charge is 0.314 e. The monoisotopic (exact) mass is 305 g/mol. The summed E-state index contributed by atoms with van der Waals surface area (Å²) in [5.41, 5.74) is 1.23. The topological polar surface area (TPSA) is 29.3 Å². The fourth-order valence-corrected chi connectivity index (χ4v) is 4.32. The average molecular weight is 305 g/mol. The molecule has 1 unspecified atom stereocenters. The van der Waals surface area contributed by atoms with Crippen LogP contribution < -0.4 is 5.32 Å². The van der Waals surface area contributed by atoms with Crippen molar-refractivity contribution in [2.45, 2.75) is 64.3 Å². The molecule has 2 aromatic rings. The molecule has 21 heavy (non-hydrogen) atoms. The van der Waals surface area contributed by atoms with Crippen LogP contribution in [0, 0.1) is 5.92 Å². The molecule has 1 aliphatic carbocycles. The van der Waals surface area contributed by atoms with E-state index in [1.165, 1.54) is 50.6 Å². The van der Waals surface area contributed by atoms with Crippen LogP contribution in [0.15, 0.2) is 17.8 Å². The molecule has 1 atom stereocenters. The lowest BCUT2D eigenvalue weighted by Gasteiger charge is -2.24. The van der Waals surface area contributed by atoms with Crippen LogP contribution in [0.4, 0.5) is 0 Å². The van der Waals surface area contributed by atoms with Gasteiger partial charge in [-0.2, -0.15) is 0 Å². The molecule has 1 N–H and O–H groups in total. The predicted octanol–water partition coefficient (Wildman–Crippen LogP) is 4.28. The zero-order chi connectivity index (χ0) is 14.5. The van der Waals surface area contributed by atoms with E-state index in [0.29, 0.717) is 6.04 Å². The van der Waals surface area contributed by atoms with E-state index in [9.17, 15) is 0 Å². The Hall–Kier alpha value is -0.870. The van der Waals surface area contributed by atoms with E-state index < -0.39 is 0 Å². The average Bonchev–Trinajstić information content (AvgIpc) is 3.07. The van der Waals surface area contributed by atoms with Gasteiger partial charge in [0.05, 0.1) is 5.69 Å². The van der Waals surface area contributed by atoms with Crippen LogP contribution in [0.2, 0.25) is 0 Å². The highest BCUT2D eigenvalue weighted by molar-refractivity contribution is 7.15. The molecular weight excluding hydrogens is 278 g/mol. The molecule has 2 aromatic heterocycles. The third-order valence-corrected chi connectivity index (χ3v) is 5.51. The Balaban J connectivity index is 1.54. The van der Waals surface area contributed by atoms with Crippen molar-refractivity contribution in [3.63, 3.8) is 0 Å². The number of fused-ring (bicyclic) bond motifs is 1. The van der Waals surface area contributed by atoms with E-state index in [1.807, 2.05) is 0 Å². The lowest BCUT2D eigenvalue weighted by atomic mass is 9.85. The van der Waals surface area contributed by atoms with Gasteiger partial charge in [0.2, 0.25) is 0 Å². The Labute approximate surface area is 131 Å². The van der Waals surface area contributed by atoms with Crippen LogP contribution in [0.5, 0.6) is 0 Å². The van der Waals surface area contributed by atoms with E-state index in [0.717, 1.165) is 23.8 Å². The fourth-order valence-electron chi connectivity index (χ4n) is 3.60. The molecule has 116 valence electrons. The van der Waals surface area contributed by atoms with Crippen molar-refractivity contribution < 1.29 is 0 Å². The minimum atomic E-state index is 0.585. The van der Waals surface area contributed by atoms with Gasteiger partial charge >= 0.3 is 0 Å². The number of aromatic nitrogens is 2. The minimum Gasteiger partial charge on any atom is -0.314 e. The van der Waals surface area contributed by atoms with Gasteiger partial charge in [-0.15, -0.1) is 11.3 Å². The van der Waals surface area contributed by atoms with Gasteiger partial charge in [-0.25, -0.2) is 4.98 Å². The zero-order valence-corrected chi connectivity index (χ0v) is 13.9. The molecule has 1 aliphatic rings. The Kier molecular flexibility index (Phi) is 5.31. The first-order valence-corrected chi connectivity index (χ1v) is 9.37. The fraction of sp³-hybridized carbons (Fsp3) is 0.706. The Morgan fingerprint density at radius 3 is 3.00 bits per heavy atom. The van der Waals surface area contributed by atoms with Crippen LogP contribution >= 0.6 is 11.3 Å². The number of hydrogen-bond donors (Lipinski definition) is 1. The zero-order valence-electron chi connectivity index (χ0n) is 13.1. The van der Waals surface area contributed by atoms with E-state index in [4.69, 9.17) is 4.98 Å². The first-order valence-electron chi connectivity index (χ1n) is 8.49. The molecule has 0 amide bonds. The smallest absolute Gasteiger partial charge is 0.193 e. The second-order valence-corrected chi connectivity index (χ2v) is 7.24. The molecule has 0 saturated heterocycles. The molecule has 2 heterocycles. The number of imidazole rings is 1. The first kappa shape index (κ1) is 15.0. The van der Waals surface area contributed by atoms with Gasteiger partial charge in [-0.05, 0) is 25.3 Å². The van der Waals surface area contributed by atoms with Gasteiger partial charge in [0.1, 0.15) is 0 Å². The van der Waals surface area contributed by atoms with E-state index in [1.54, 1.807) is 11.3 Å². The summed E-state index contributed by atoms with van der Waals surface area (Å²) < 4.78 is 2.14. The third-order valence-electron chi connectivity index (χ3n) is 4.74. The van der Waals surface area contributed by atoms with Crippen molar-refractivity contribution in [2.75, 3.05) is 6.54 Å². The molecule has 0 aromatic carbocycles. The first-order chi connectivity index (χ1) is 10.3. The molecule has 3 nitrogen and oxygen atoms in total. The quantitative estimate of drug-likeness (QED) is 0.827. The van der Waals surface area contributed by atoms with Gasteiger partial charge in [-0.1, -0.05) is 39.0 Å². The second kappa shape index (κ2) is 7.41. The number of thiazole rings is 1. The molecule has 0 bridgehead atoms. The molecule has 0 spiro atoms. The standard InChI is InChI=1S/C17H27N3S/c1-2-18-15(9-8-14-6-4-3-5-7-14)12-16-13-20-10-11-21-17(20)19-16/h10-11,13-15,18H,2-9,12H2,1H3. The molecule has 1 fully saturated rings. The summed E-state index contributed by atoms with van der Waals surface area (Å²) in [6.07, 6.45) is 15.3. The predicted molar refractivity (Wildman–Crippen MR) is 90.0 cm³/mol. The Bertz CT molecular complexity index is 510. The summed E-state index contributed by atoms with van der Waals surface area (Å²) in [6.45, 7) is 3.26. The van der Waals surface area contributed by atoms with E-state index in [-0.39, 0.29) is 0 Å². The number of nitrogens with one attached hydrogen (secondary N) is 1. The van der Waals surface area contributed by atoms with Crippen LogP contribution in [-0.2, 0) is 6.42 Å². The minimum absolute atomic E-state index is 0.585. The van der Waals surface area contributed by atoms with Crippen molar-refractivity contribution in [3.8, 4) is 0 Å². The van der Waals surface area contributed by atoms with Crippen LogP contribution in [-0.4, -0.2) is 22.0 Å². The lowest BCUT2D eigenvalue weighted by molar-refractivity contribution is 0.313. The number of hydrogen-bond acceptors (Lipinski definition) is 3. The molecule has 3 rings (SSSR count). The lowest BCUT2D eigenvalue weighted by Crippen LogP contribution is -2.31. The molecular formula is C17H27N3S. The SMILES string of the molecule is CCNC(CCC1CCCCC1)Cc1cn2ccsc2n1. The van der Waals surface area contributed by atoms with E-state index in [2.05, 4.69) is 34.4 Å². The maximum Gasteiger partial charge on any atom is 0.193 e. The molecule has 0 radical (unpaired) electrons. The second-order valence-electron chi connectivity index (χ2n) is 6.37. The number of rotatable bonds is 7. The Morgan fingerprint density at radius 1 is 1.38 bits per heavy atom. The summed E-state index contributed by atoms with van der Waals surface area (Å²) >= 11 is 1.72. The van der Waals surface area contributed by atoms with Gasteiger partial charge in [0.25, 0.3) is 0 Å². The number of likely N-dealkylation sites (N-methyl/N-ethyl adjacent to an activating group) is 1. The number of nitrogens with zero attached hydrogens (tertiary/aromatic N) is 2. The van der Waals surface area contributed by atoms with Gasteiger partial charge < -0.3 is 5.32 Å². The van der Waals surface area contributed by atoms with Gasteiger partial charge in [0, 0.05) is 30.2 Å². The van der Waals surface area contributed by atoms with Crippen LogP contribution in [0.3, 0.4) is 0 Å². The summed E-state index contributed by atoms with van der Waals surface area (Å²) in [5, 5.41) is 5.76. The normalized spacial score (nSPS) is 18.3. The molecule has 1 saturated carbocycles. The highest BCUT2D eigenvalue weighted by Crippen LogP contribution is 2.28. The van der Waals surface area contributed by atoms with Crippen molar-refractivity contribution >= 4 is 16.3 Å². The maximum atomic E-state index is 4.73. The van der Waals surface area contributed by atoms with Gasteiger partial charge in [-0.3, -0.25) is 4.40 Å².